The van der Waals surface area contributed by atoms with Crippen molar-refractivity contribution in [1.29, 1.82) is 0 Å². The van der Waals surface area contributed by atoms with Gasteiger partial charge in [-0.2, -0.15) is 0 Å². The van der Waals surface area contributed by atoms with Crippen molar-refractivity contribution in [2.24, 2.45) is 0 Å². The molecule has 70 valence electrons. The van der Waals surface area contributed by atoms with Crippen molar-refractivity contribution in [2.75, 3.05) is 13.7 Å². The van der Waals surface area contributed by atoms with Gasteiger partial charge in [-0.3, -0.25) is 0 Å². The Bertz CT molecular complexity index is 282. The molecule has 1 aromatic rings. The largest absolute Gasteiger partial charge is 0.387 e. The third-order valence-electron chi connectivity index (χ3n) is 2.57. The molecule has 1 aromatic carbocycles. The van der Waals surface area contributed by atoms with E-state index in [9.17, 15) is 5.11 Å². The van der Waals surface area contributed by atoms with Gasteiger partial charge in [0.15, 0.2) is 0 Å². The van der Waals surface area contributed by atoms with Gasteiger partial charge in [0.05, 0.1) is 12.2 Å². The Labute approximate surface area is 78.2 Å². The number of fused-ring (bicyclic) bond motifs is 1. The highest BCUT2D eigenvalue weighted by Gasteiger charge is 2.34. The van der Waals surface area contributed by atoms with E-state index in [0.29, 0.717) is 6.61 Å². The lowest BCUT2D eigenvalue weighted by Gasteiger charge is -2.20. The molecular weight excluding hydrogens is 164 g/mol. The van der Waals surface area contributed by atoms with Gasteiger partial charge in [-0.25, -0.2) is 0 Å². The molecule has 0 radical (unpaired) electrons. The summed E-state index contributed by atoms with van der Waals surface area (Å²) in [5.41, 5.74) is 1.84. The molecule has 0 unspecified atom stereocenters. The summed E-state index contributed by atoms with van der Waals surface area (Å²) in [5, 5.41) is 10.1. The molecule has 0 aromatic heterocycles. The van der Waals surface area contributed by atoms with Crippen LogP contribution in [-0.2, 0) is 17.6 Å². The number of hydrogen-bond donors (Lipinski definition) is 1. The monoisotopic (exact) mass is 178 g/mol. The van der Waals surface area contributed by atoms with Gasteiger partial charge in [0.1, 0.15) is 0 Å². The van der Waals surface area contributed by atoms with Crippen LogP contribution in [0.15, 0.2) is 24.3 Å². The van der Waals surface area contributed by atoms with E-state index < -0.39 is 5.60 Å². The Morgan fingerprint density at radius 2 is 1.85 bits per heavy atom. The average molecular weight is 178 g/mol. The third kappa shape index (κ3) is 1.60. The molecule has 2 nitrogen and oxygen atoms in total. The predicted octanol–water partition coefficient (Wildman–Crippen LogP) is 1.16. The first-order chi connectivity index (χ1) is 6.23. The molecule has 0 spiro atoms. The molecule has 0 amide bonds. The SMILES string of the molecule is COCC1(O)Cc2ccccc2C1. The fourth-order valence-electron chi connectivity index (χ4n) is 2.04. The molecule has 2 rings (SSSR count). The van der Waals surface area contributed by atoms with Gasteiger partial charge >= 0.3 is 0 Å². The van der Waals surface area contributed by atoms with E-state index in [1.807, 2.05) is 12.1 Å². The standard InChI is InChI=1S/C11H14O2/c1-13-8-11(12)6-9-4-2-3-5-10(9)7-11/h2-5,12H,6-8H2,1H3. The van der Waals surface area contributed by atoms with Crippen molar-refractivity contribution in [3.05, 3.63) is 35.4 Å². The molecule has 1 N–H and O–H groups in total. The molecule has 1 aliphatic carbocycles. The topological polar surface area (TPSA) is 29.5 Å². The Morgan fingerprint density at radius 1 is 1.31 bits per heavy atom. The van der Waals surface area contributed by atoms with Crippen LogP contribution in [0.2, 0.25) is 0 Å². The summed E-state index contributed by atoms with van der Waals surface area (Å²) in [7, 11) is 1.63. The highest BCUT2D eigenvalue weighted by molar-refractivity contribution is 5.35. The summed E-state index contributed by atoms with van der Waals surface area (Å²) in [4.78, 5) is 0. The maximum Gasteiger partial charge on any atom is 0.0960 e. The van der Waals surface area contributed by atoms with Crippen LogP contribution in [0.3, 0.4) is 0 Å². The van der Waals surface area contributed by atoms with Crippen LogP contribution < -0.4 is 0 Å². The van der Waals surface area contributed by atoms with Gasteiger partial charge < -0.3 is 9.84 Å². The maximum atomic E-state index is 10.1. The molecule has 0 atom stereocenters. The minimum Gasteiger partial charge on any atom is -0.387 e. The smallest absolute Gasteiger partial charge is 0.0960 e. The number of benzene rings is 1. The number of methoxy groups -OCH3 is 1. The van der Waals surface area contributed by atoms with E-state index in [4.69, 9.17) is 4.74 Å². The summed E-state index contributed by atoms with van der Waals surface area (Å²) in [6.45, 7) is 0.418. The van der Waals surface area contributed by atoms with Crippen LogP contribution in [0.5, 0.6) is 0 Å². The minimum absolute atomic E-state index is 0.418. The van der Waals surface area contributed by atoms with E-state index in [0.717, 1.165) is 12.8 Å². The maximum absolute atomic E-state index is 10.1. The number of hydrogen-bond acceptors (Lipinski definition) is 2. The predicted molar refractivity (Wildman–Crippen MR) is 50.7 cm³/mol. The van der Waals surface area contributed by atoms with E-state index >= 15 is 0 Å². The lowest BCUT2D eigenvalue weighted by atomic mass is 10.0. The zero-order chi connectivity index (χ0) is 9.31. The van der Waals surface area contributed by atoms with Crippen LogP contribution >= 0.6 is 0 Å². The van der Waals surface area contributed by atoms with Crippen molar-refractivity contribution >= 4 is 0 Å². The van der Waals surface area contributed by atoms with E-state index in [1.165, 1.54) is 11.1 Å². The van der Waals surface area contributed by atoms with Gasteiger partial charge in [-0.1, -0.05) is 24.3 Å². The van der Waals surface area contributed by atoms with Gasteiger partial charge in [0, 0.05) is 20.0 Å². The summed E-state index contributed by atoms with van der Waals surface area (Å²) < 4.78 is 5.01. The second-order valence-corrected chi connectivity index (χ2v) is 3.78. The highest BCUT2D eigenvalue weighted by atomic mass is 16.5. The Kier molecular flexibility index (Phi) is 2.10. The van der Waals surface area contributed by atoms with Crippen molar-refractivity contribution in [3.8, 4) is 0 Å². The van der Waals surface area contributed by atoms with E-state index in [-0.39, 0.29) is 0 Å². The van der Waals surface area contributed by atoms with Gasteiger partial charge in [-0.15, -0.1) is 0 Å². The highest BCUT2D eigenvalue weighted by Crippen LogP contribution is 2.29. The van der Waals surface area contributed by atoms with E-state index in [2.05, 4.69) is 12.1 Å². The second kappa shape index (κ2) is 3.13. The van der Waals surface area contributed by atoms with E-state index in [1.54, 1.807) is 7.11 Å². The molecule has 0 bridgehead atoms. The Hall–Kier alpha value is -0.860. The zero-order valence-corrected chi connectivity index (χ0v) is 7.79. The summed E-state index contributed by atoms with van der Waals surface area (Å²) >= 11 is 0. The van der Waals surface area contributed by atoms with Crippen molar-refractivity contribution in [1.82, 2.24) is 0 Å². The Balaban J connectivity index is 2.21. The van der Waals surface area contributed by atoms with Crippen LogP contribution in [-0.4, -0.2) is 24.4 Å². The first-order valence-electron chi connectivity index (χ1n) is 4.52. The summed E-state index contributed by atoms with van der Waals surface area (Å²) in [6.07, 6.45) is 1.44. The van der Waals surface area contributed by atoms with Gasteiger partial charge in [0.25, 0.3) is 0 Å². The van der Waals surface area contributed by atoms with Crippen LogP contribution in [0.1, 0.15) is 11.1 Å². The molecule has 13 heavy (non-hydrogen) atoms. The molecule has 0 saturated heterocycles. The van der Waals surface area contributed by atoms with Crippen LogP contribution in [0.25, 0.3) is 0 Å². The lowest BCUT2D eigenvalue weighted by Crippen LogP contribution is -2.34. The third-order valence-corrected chi connectivity index (χ3v) is 2.57. The summed E-state index contributed by atoms with van der Waals surface area (Å²) in [6, 6.07) is 8.17. The molecular formula is C11H14O2. The first-order valence-corrected chi connectivity index (χ1v) is 4.52. The Morgan fingerprint density at radius 3 is 2.31 bits per heavy atom. The zero-order valence-electron chi connectivity index (χ0n) is 7.79. The molecule has 0 fully saturated rings. The fraction of sp³-hybridized carbons (Fsp3) is 0.455. The number of ether oxygens (including phenoxy) is 1. The van der Waals surface area contributed by atoms with Crippen molar-refractivity contribution in [3.63, 3.8) is 0 Å². The molecule has 2 heteroatoms. The average Bonchev–Trinajstić information content (AvgIpc) is 2.40. The number of aliphatic hydroxyl groups is 1. The normalized spacial score (nSPS) is 18.6. The second-order valence-electron chi connectivity index (χ2n) is 3.78. The molecule has 0 saturated carbocycles. The van der Waals surface area contributed by atoms with Crippen molar-refractivity contribution < 1.29 is 9.84 Å². The fourth-order valence-corrected chi connectivity index (χ4v) is 2.04. The molecule has 1 aliphatic rings. The quantitative estimate of drug-likeness (QED) is 0.736. The van der Waals surface area contributed by atoms with Gasteiger partial charge in [0.2, 0.25) is 0 Å². The van der Waals surface area contributed by atoms with Crippen LogP contribution in [0, 0.1) is 0 Å². The minimum atomic E-state index is -0.668. The summed E-state index contributed by atoms with van der Waals surface area (Å²) in [5.74, 6) is 0. The number of rotatable bonds is 2. The lowest BCUT2D eigenvalue weighted by molar-refractivity contribution is -0.0227. The molecule has 0 heterocycles. The van der Waals surface area contributed by atoms with Crippen LogP contribution in [0.4, 0.5) is 0 Å². The van der Waals surface area contributed by atoms with Crippen molar-refractivity contribution in [2.45, 2.75) is 18.4 Å². The molecule has 0 aliphatic heterocycles. The first kappa shape index (κ1) is 8.73. The van der Waals surface area contributed by atoms with Gasteiger partial charge in [-0.05, 0) is 11.1 Å².